The van der Waals surface area contributed by atoms with Crippen LogP contribution in [0.2, 0.25) is 0 Å². The summed E-state index contributed by atoms with van der Waals surface area (Å²) in [4.78, 5) is 9.33. The number of aliphatic hydroxyl groups is 1. The van der Waals surface area contributed by atoms with E-state index in [0.717, 1.165) is 0 Å². The van der Waals surface area contributed by atoms with Crippen LogP contribution in [0.1, 0.15) is 13.3 Å². The molecule has 0 radical (unpaired) electrons. The SMILES string of the molecule is CCC(O)COCC[N+](=O)[O-]. The van der Waals surface area contributed by atoms with E-state index in [1.807, 2.05) is 6.92 Å². The van der Waals surface area contributed by atoms with Crippen LogP contribution in [0.5, 0.6) is 0 Å². The summed E-state index contributed by atoms with van der Waals surface area (Å²) in [6, 6.07) is 0. The monoisotopic (exact) mass is 163 g/mol. The van der Waals surface area contributed by atoms with Crippen molar-refractivity contribution in [2.75, 3.05) is 19.8 Å². The summed E-state index contributed by atoms with van der Waals surface area (Å²) in [6.45, 7) is 1.88. The Hall–Kier alpha value is -0.680. The molecule has 0 spiro atoms. The summed E-state index contributed by atoms with van der Waals surface area (Å²) in [5, 5.41) is 18.7. The van der Waals surface area contributed by atoms with Crippen molar-refractivity contribution in [3.05, 3.63) is 10.1 Å². The first-order valence-corrected chi connectivity index (χ1v) is 3.54. The minimum atomic E-state index is -0.498. The smallest absolute Gasteiger partial charge is 0.226 e. The van der Waals surface area contributed by atoms with E-state index in [1.165, 1.54) is 0 Å². The maximum atomic E-state index is 9.78. The third-order valence-electron chi connectivity index (χ3n) is 1.20. The largest absolute Gasteiger partial charge is 0.391 e. The number of hydrogen-bond acceptors (Lipinski definition) is 4. The highest BCUT2D eigenvalue weighted by Crippen LogP contribution is 1.89. The van der Waals surface area contributed by atoms with E-state index in [0.29, 0.717) is 6.42 Å². The van der Waals surface area contributed by atoms with Gasteiger partial charge in [0.15, 0.2) is 0 Å². The number of rotatable bonds is 6. The van der Waals surface area contributed by atoms with Crippen LogP contribution < -0.4 is 0 Å². The first-order valence-electron chi connectivity index (χ1n) is 3.54. The Morgan fingerprint density at radius 1 is 1.73 bits per heavy atom. The summed E-state index contributed by atoms with van der Waals surface area (Å²) in [5.41, 5.74) is 0. The fourth-order valence-electron chi connectivity index (χ4n) is 0.476. The van der Waals surface area contributed by atoms with Crippen molar-refractivity contribution >= 4 is 0 Å². The molecule has 1 atom stereocenters. The normalized spacial score (nSPS) is 12.9. The van der Waals surface area contributed by atoms with Crippen LogP contribution >= 0.6 is 0 Å². The van der Waals surface area contributed by atoms with Crippen LogP contribution in [0.15, 0.2) is 0 Å². The fraction of sp³-hybridized carbons (Fsp3) is 1.00. The van der Waals surface area contributed by atoms with Gasteiger partial charge in [0.2, 0.25) is 6.54 Å². The number of nitrogens with zero attached hydrogens (tertiary/aromatic N) is 1. The number of ether oxygens (including phenoxy) is 1. The molecular formula is C6H13NO4. The van der Waals surface area contributed by atoms with Gasteiger partial charge < -0.3 is 9.84 Å². The molecule has 5 nitrogen and oxygen atoms in total. The molecule has 0 saturated heterocycles. The lowest BCUT2D eigenvalue weighted by atomic mass is 10.3. The van der Waals surface area contributed by atoms with Crippen molar-refractivity contribution in [2.24, 2.45) is 0 Å². The minimum absolute atomic E-state index is 0.0735. The second-order valence-corrected chi connectivity index (χ2v) is 2.19. The van der Waals surface area contributed by atoms with Crippen molar-refractivity contribution in [3.63, 3.8) is 0 Å². The standard InChI is InChI=1S/C6H13NO4/c1-2-6(8)5-11-4-3-7(9)10/h6,8H,2-5H2,1H3. The van der Waals surface area contributed by atoms with Gasteiger partial charge in [-0.05, 0) is 6.42 Å². The van der Waals surface area contributed by atoms with Gasteiger partial charge in [-0.1, -0.05) is 6.92 Å². The Bertz CT molecular complexity index is 117. The van der Waals surface area contributed by atoms with Gasteiger partial charge >= 0.3 is 0 Å². The maximum absolute atomic E-state index is 9.78. The lowest BCUT2D eigenvalue weighted by Gasteiger charge is -2.05. The second kappa shape index (κ2) is 6.06. The fourth-order valence-corrected chi connectivity index (χ4v) is 0.476. The molecule has 0 bridgehead atoms. The number of hydrogen-bond donors (Lipinski definition) is 1. The summed E-state index contributed by atoms with van der Waals surface area (Å²) < 4.78 is 4.81. The zero-order valence-corrected chi connectivity index (χ0v) is 6.52. The van der Waals surface area contributed by atoms with E-state index < -0.39 is 11.0 Å². The third kappa shape index (κ3) is 7.21. The van der Waals surface area contributed by atoms with Crippen LogP contribution in [0.3, 0.4) is 0 Å². The predicted molar refractivity (Wildman–Crippen MR) is 39.0 cm³/mol. The molecule has 0 aromatic heterocycles. The Morgan fingerprint density at radius 3 is 2.82 bits per heavy atom. The molecule has 0 aliphatic rings. The molecule has 0 heterocycles. The molecule has 66 valence electrons. The topological polar surface area (TPSA) is 72.6 Å². The van der Waals surface area contributed by atoms with E-state index in [4.69, 9.17) is 9.84 Å². The molecule has 0 saturated carbocycles. The number of nitro groups is 1. The van der Waals surface area contributed by atoms with Gasteiger partial charge in [-0.15, -0.1) is 0 Å². The highest BCUT2D eigenvalue weighted by atomic mass is 16.6. The lowest BCUT2D eigenvalue weighted by molar-refractivity contribution is -0.483. The van der Waals surface area contributed by atoms with Gasteiger partial charge in [-0.2, -0.15) is 0 Å². The average molecular weight is 163 g/mol. The highest BCUT2D eigenvalue weighted by Gasteiger charge is 2.01. The molecule has 0 aliphatic carbocycles. The maximum Gasteiger partial charge on any atom is 0.226 e. The van der Waals surface area contributed by atoms with Crippen LogP contribution in [0.4, 0.5) is 0 Å². The van der Waals surface area contributed by atoms with Gasteiger partial charge in [0.05, 0.1) is 12.7 Å². The van der Waals surface area contributed by atoms with Crippen molar-refractivity contribution in [1.82, 2.24) is 0 Å². The zero-order chi connectivity index (χ0) is 8.69. The zero-order valence-electron chi connectivity index (χ0n) is 6.52. The molecule has 11 heavy (non-hydrogen) atoms. The Balaban J connectivity index is 3.08. The Kier molecular flexibility index (Phi) is 5.68. The summed E-state index contributed by atoms with van der Waals surface area (Å²) in [6.07, 6.45) is 0.111. The first kappa shape index (κ1) is 10.3. The first-order chi connectivity index (χ1) is 5.16. The molecule has 1 N–H and O–H groups in total. The van der Waals surface area contributed by atoms with Crippen LogP contribution in [0, 0.1) is 10.1 Å². The van der Waals surface area contributed by atoms with Crippen molar-refractivity contribution in [3.8, 4) is 0 Å². The minimum Gasteiger partial charge on any atom is -0.391 e. The lowest BCUT2D eigenvalue weighted by Crippen LogP contribution is -2.17. The highest BCUT2D eigenvalue weighted by molar-refractivity contribution is 4.47. The molecule has 1 unspecified atom stereocenters. The molecule has 0 aliphatic heterocycles. The van der Waals surface area contributed by atoms with E-state index in [1.54, 1.807) is 0 Å². The number of aliphatic hydroxyl groups excluding tert-OH is 1. The van der Waals surface area contributed by atoms with Gasteiger partial charge in [-0.3, -0.25) is 10.1 Å². The average Bonchev–Trinajstić information content (AvgIpc) is 1.97. The molecular weight excluding hydrogens is 150 g/mol. The Labute approximate surface area is 65.1 Å². The molecule has 0 rings (SSSR count). The second-order valence-electron chi connectivity index (χ2n) is 2.19. The summed E-state index contributed by atoms with van der Waals surface area (Å²) in [5.74, 6) is 0. The summed E-state index contributed by atoms with van der Waals surface area (Å²) in [7, 11) is 0. The van der Waals surface area contributed by atoms with Crippen molar-refractivity contribution in [1.29, 1.82) is 0 Å². The molecule has 0 aromatic rings. The van der Waals surface area contributed by atoms with Crippen LogP contribution in [-0.2, 0) is 4.74 Å². The van der Waals surface area contributed by atoms with Crippen LogP contribution in [0.25, 0.3) is 0 Å². The molecule has 0 amide bonds. The van der Waals surface area contributed by atoms with Gasteiger partial charge in [0.1, 0.15) is 6.61 Å². The predicted octanol–water partition coefficient (Wildman–Crippen LogP) is 0.0506. The van der Waals surface area contributed by atoms with E-state index in [2.05, 4.69) is 0 Å². The molecule has 0 aromatic carbocycles. The quantitative estimate of drug-likeness (QED) is 0.341. The molecule has 0 fully saturated rings. The summed E-state index contributed by atoms with van der Waals surface area (Å²) >= 11 is 0. The van der Waals surface area contributed by atoms with E-state index in [9.17, 15) is 10.1 Å². The van der Waals surface area contributed by atoms with Crippen molar-refractivity contribution in [2.45, 2.75) is 19.4 Å². The van der Waals surface area contributed by atoms with Gasteiger partial charge in [0.25, 0.3) is 0 Å². The van der Waals surface area contributed by atoms with E-state index >= 15 is 0 Å². The molecule has 5 heteroatoms. The Morgan fingerprint density at radius 2 is 2.36 bits per heavy atom. The van der Waals surface area contributed by atoms with Crippen LogP contribution in [-0.4, -0.2) is 35.9 Å². The van der Waals surface area contributed by atoms with Crippen molar-refractivity contribution < 1.29 is 14.8 Å². The third-order valence-corrected chi connectivity index (χ3v) is 1.20. The van der Waals surface area contributed by atoms with Gasteiger partial charge in [-0.25, -0.2) is 0 Å². The van der Waals surface area contributed by atoms with E-state index in [-0.39, 0.29) is 19.8 Å². The van der Waals surface area contributed by atoms with Gasteiger partial charge in [0, 0.05) is 4.92 Å².